The van der Waals surface area contributed by atoms with E-state index in [-0.39, 0.29) is 15.2 Å². The Labute approximate surface area is 93.1 Å². The van der Waals surface area contributed by atoms with E-state index in [0.29, 0.717) is 0 Å². The highest BCUT2D eigenvalue weighted by atomic mass is 35.5. The van der Waals surface area contributed by atoms with Crippen molar-refractivity contribution in [3.05, 3.63) is 10.0 Å². The normalized spacial score (nSPS) is 10.7. The topological polar surface area (TPSA) is 53.4 Å². The summed E-state index contributed by atoms with van der Waals surface area (Å²) in [6.07, 6.45) is -2.51. The SMILES string of the molecule is CN(CC(F)F)c1nc(Cl)c(C(=O)O)s1. The van der Waals surface area contributed by atoms with E-state index in [2.05, 4.69) is 4.98 Å². The van der Waals surface area contributed by atoms with Crippen LogP contribution in [0, 0.1) is 0 Å². The molecule has 1 rings (SSSR count). The molecule has 0 aromatic carbocycles. The molecule has 0 saturated carbocycles. The molecule has 1 aromatic rings. The van der Waals surface area contributed by atoms with E-state index in [4.69, 9.17) is 16.7 Å². The van der Waals surface area contributed by atoms with Crippen LogP contribution in [-0.2, 0) is 0 Å². The average molecular weight is 257 g/mol. The number of hydrogen-bond acceptors (Lipinski definition) is 4. The molecular formula is C7H7ClF2N2O2S. The molecule has 0 amide bonds. The Morgan fingerprint density at radius 2 is 2.33 bits per heavy atom. The molecular weight excluding hydrogens is 250 g/mol. The van der Waals surface area contributed by atoms with Crippen LogP contribution in [0.4, 0.5) is 13.9 Å². The zero-order valence-electron chi connectivity index (χ0n) is 7.58. The Bertz CT molecular complexity index is 372. The number of anilines is 1. The van der Waals surface area contributed by atoms with Crippen LogP contribution in [0.2, 0.25) is 5.15 Å². The van der Waals surface area contributed by atoms with Crippen LogP contribution in [0.15, 0.2) is 0 Å². The highest BCUT2D eigenvalue weighted by Gasteiger charge is 2.19. The lowest BCUT2D eigenvalue weighted by Crippen LogP contribution is -2.23. The third-order valence-corrected chi connectivity index (χ3v) is 3.05. The number of rotatable bonds is 4. The van der Waals surface area contributed by atoms with Crippen molar-refractivity contribution >= 4 is 34.0 Å². The number of aromatic carboxylic acids is 1. The van der Waals surface area contributed by atoms with Gasteiger partial charge in [0.2, 0.25) is 0 Å². The molecule has 84 valence electrons. The molecule has 0 atom stereocenters. The minimum Gasteiger partial charge on any atom is -0.477 e. The van der Waals surface area contributed by atoms with Gasteiger partial charge < -0.3 is 10.0 Å². The lowest BCUT2D eigenvalue weighted by molar-refractivity contribution is 0.0702. The predicted octanol–water partition coefficient (Wildman–Crippen LogP) is 2.20. The first-order valence-corrected chi connectivity index (χ1v) is 5.00. The smallest absolute Gasteiger partial charge is 0.349 e. The molecule has 0 spiro atoms. The highest BCUT2D eigenvalue weighted by molar-refractivity contribution is 7.18. The first kappa shape index (κ1) is 12.1. The first-order valence-electron chi connectivity index (χ1n) is 3.80. The molecule has 0 saturated heterocycles. The van der Waals surface area contributed by atoms with Gasteiger partial charge in [-0.25, -0.2) is 18.6 Å². The van der Waals surface area contributed by atoms with Crippen molar-refractivity contribution in [1.82, 2.24) is 4.98 Å². The number of carboxylic acids is 1. The maximum absolute atomic E-state index is 12.0. The number of thiazole rings is 1. The Morgan fingerprint density at radius 1 is 1.73 bits per heavy atom. The molecule has 0 bridgehead atoms. The van der Waals surface area contributed by atoms with Crippen molar-refractivity contribution in [3.8, 4) is 0 Å². The second-order valence-electron chi connectivity index (χ2n) is 2.69. The van der Waals surface area contributed by atoms with E-state index >= 15 is 0 Å². The summed E-state index contributed by atoms with van der Waals surface area (Å²) in [5.41, 5.74) is 0. The lowest BCUT2D eigenvalue weighted by Gasteiger charge is -2.13. The van der Waals surface area contributed by atoms with E-state index in [1.165, 1.54) is 7.05 Å². The van der Waals surface area contributed by atoms with E-state index in [1.54, 1.807) is 0 Å². The van der Waals surface area contributed by atoms with Gasteiger partial charge in [-0.2, -0.15) is 0 Å². The zero-order chi connectivity index (χ0) is 11.6. The Balaban J connectivity index is 2.87. The molecule has 0 radical (unpaired) electrons. The fourth-order valence-corrected chi connectivity index (χ4v) is 1.97. The molecule has 8 heteroatoms. The fraction of sp³-hybridized carbons (Fsp3) is 0.429. The summed E-state index contributed by atoms with van der Waals surface area (Å²) < 4.78 is 24.0. The van der Waals surface area contributed by atoms with Gasteiger partial charge in [-0.1, -0.05) is 22.9 Å². The third-order valence-electron chi connectivity index (χ3n) is 1.51. The van der Waals surface area contributed by atoms with Crippen molar-refractivity contribution in [2.75, 3.05) is 18.5 Å². The number of carbonyl (C=O) groups is 1. The summed E-state index contributed by atoms with van der Waals surface area (Å²) in [6.45, 7) is -0.511. The van der Waals surface area contributed by atoms with Crippen molar-refractivity contribution in [1.29, 1.82) is 0 Å². The summed E-state index contributed by atoms with van der Waals surface area (Å²) in [5, 5.41) is 8.65. The van der Waals surface area contributed by atoms with Crippen molar-refractivity contribution in [2.45, 2.75) is 6.43 Å². The quantitative estimate of drug-likeness (QED) is 0.897. The van der Waals surface area contributed by atoms with E-state index in [1.807, 2.05) is 0 Å². The molecule has 0 fully saturated rings. The molecule has 0 unspecified atom stereocenters. The summed E-state index contributed by atoms with van der Waals surface area (Å²) in [5.74, 6) is -1.21. The van der Waals surface area contributed by atoms with Crippen molar-refractivity contribution in [2.24, 2.45) is 0 Å². The van der Waals surface area contributed by atoms with Crippen LogP contribution in [0.5, 0.6) is 0 Å². The van der Waals surface area contributed by atoms with Crippen LogP contribution >= 0.6 is 22.9 Å². The third kappa shape index (κ3) is 3.00. The van der Waals surface area contributed by atoms with Crippen LogP contribution in [0.1, 0.15) is 9.67 Å². The second kappa shape index (κ2) is 4.71. The van der Waals surface area contributed by atoms with Gasteiger partial charge in [-0.15, -0.1) is 0 Å². The maximum atomic E-state index is 12.0. The van der Waals surface area contributed by atoms with Gasteiger partial charge >= 0.3 is 5.97 Å². The Hall–Kier alpha value is -0.950. The van der Waals surface area contributed by atoms with Crippen LogP contribution in [-0.4, -0.2) is 36.1 Å². The largest absolute Gasteiger partial charge is 0.477 e. The van der Waals surface area contributed by atoms with Crippen molar-refractivity contribution in [3.63, 3.8) is 0 Å². The molecule has 1 N–H and O–H groups in total. The van der Waals surface area contributed by atoms with Crippen LogP contribution < -0.4 is 4.90 Å². The monoisotopic (exact) mass is 256 g/mol. The number of alkyl halides is 2. The molecule has 0 aliphatic carbocycles. The highest BCUT2D eigenvalue weighted by Crippen LogP contribution is 2.29. The first-order chi connectivity index (χ1) is 6.91. The number of carboxylic acid groups (broad SMARTS) is 1. The van der Waals surface area contributed by atoms with Gasteiger partial charge in [0.15, 0.2) is 15.2 Å². The molecule has 0 aliphatic heterocycles. The minimum absolute atomic E-state index is 0.146. The van der Waals surface area contributed by atoms with Gasteiger partial charge in [0, 0.05) is 7.05 Å². The molecule has 0 aliphatic rings. The Kier molecular flexibility index (Phi) is 3.81. The summed E-state index contributed by atoms with van der Waals surface area (Å²) in [7, 11) is 1.40. The van der Waals surface area contributed by atoms with E-state index < -0.39 is 18.9 Å². The average Bonchev–Trinajstić information content (AvgIpc) is 2.46. The number of nitrogens with zero attached hydrogens (tertiary/aromatic N) is 2. The van der Waals surface area contributed by atoms with E-state index in [0.717, 1.165) is 16.2 Å². The molecule has 4 nitrogen and oxygen atoms in total. The van der Waals surface area contributed by atoms with Gasteiger partial charge in [0.25, 0.3) is 6.43 Å². The minimum atomic E-state index is -2.51. The van der Waals surface area contributed by atoms with Crippen LogP contribution in [0.25, 0.3) is 0 Å². The van der Waals surface area contributed by atoms with Crippen LogP contribution in [0.3, 0.4) is 0 Å². The maximum Gasteiger partial charge on any atom is 0.349 e. The van der Waals surface area contributed by atoms with Gasteiger partial charge in [0.1, 0.15) is 0 Å². The second-order valence-corrected chi connectivity index (χ2v) is 4.03. The molecule has 1 heterocycles. The van der Waals surface area contributed by atoms with Gasteiger partial charge in [0.05, 0.1) is 6.54 Å². The predicted molar refractivity (Wildman–Crippen MR) is 53.4 cm³/mol. The molecule has 15 heavy (non-hydrogen) atoms. The summed E-state index contributed by atoms with van der Waals surface area (Å²) >= 11 is 6.29. The molecule has 1 aromatic heterocycles. The van der Waals surface area contributed by atoms with Gasteiger partial charge in [-0.3, -0.25) is 0 Å². The Morgan fingerprint density at radius 3 is 2.73 bits per heavy atom. The number of halogens is 3. The zero-order valence-corrected chi connectivity index (χ0v) is 9.15. The van der Waals surface area contributed by atoms with E-state index in [9.17, 15) is 13.6 Å². The number of hydrogen-bond donors (Lipinski definition) is 1. The standard InChI is InChI=1S/C7H7ClF2N2O2S/c1-12(2-3(9)10)7-11-5(8)4(15-7)6(13)14/h3H,2H2,1H3,(H,13,14). The van der Waals surface area contributed by atoms with Crippen molar-refractivity contribution < 1.29 is 18.7 Å². The summed E-state index contributed by atoms with van der Waals surface area (Å²) in [4.78, 5) is 15.3. The summed E-state index contributed by atoms with van der Waals surface area (Å²) in [6, 6.07) is 0. The van der Waals surface area contributed by atoms with Gasteiger partial charge in [-0.05, 0) is 0 Å². The lowest BCUT2D eigenvalue weighted by atomic mass is 10.6. The number of aromatic nitrogens is 1. The fourth-order valence-electron chi connectivity index (χ4n) is 0.871.